The summed E-state index contributed by atoms with van der Waals surface area (Å²) in [6.07, 6.45) is 7.40. The van der Waals surface area contributed by atoms with Crippen molar-refractivity contribution in [2.24, 2.45) is 7.05 Å². The average molecular weight is 395 g/mol. The Morgan fingerprint density at radius 1 is 1.31 bits per heavy atom. The lowest BCUT2D eigenvalue weighted by Crippen LogP contribution is -2.35. The van der Waals surface area contributed by atoms with Gasteiger partial charge in [0.05, 0.1) is 24.4 Å². The van der Waals surface area contributed by atoms with Crippen molar-refractivity contribution in [3.8, 4) is 11.5 Å². The molecule has 0 aliphatic carbocycles. The molecule has 1 amide bonds. The van der Waals surface area contributed by atoms with Crippen molar-refractivity contribution in [2.75, 3.05) is 13.7 Å². The largest absolute Gasteiger partial charge is 0.380 e. The first kappa shape index (κ1) is 19.3. The predicted octanol–water partition coefficient (Wildman–Crippen LogP) is 3.37. The lowest BCUT2D eigenvalue weighted by molar-refractivity contribution is 0.0670. The van der Waals surface area contributed by atoms with E-state index in [4.69, 9.17) is 9.26 Å². The number of likely N-dealkylation sites (tertiary alicyclic amines) is 1. The van der Waals surface area contributed by atoms with Crippen LogP contribution in [-0.2, 0) is 18.4 Å². The van der Waals surface area contributed by atoms with E-state index in [1.807, 2.05) is 42.4 Å². The summed E-state index contributed by atoms with van der Waals surface area (Å²) in [5.41, 5.74) is 2.40. The molecule has 29 heavy (non-hydrogen) atoms. The summed E-state index contributed by atoms with van der Waals surface area (Å²) in [6.45, 7) is 1.15. The molecule has 1 saturated heterocycles. The fourth-order valence-electron chi connectivity index (χ4n) is 3.77. The van der Waals surface area contributed by atoms with Gasteiger partial charge in [-0.3, -0.25) is 9.48 Å². The van der Waals surface area contributed by atoms with Crippen molar-refractivity contribution in [3.63, 3.8) is 0 Å². The van der Waals surface area contributed by atoms with Gasteiger partial charge < -0.3 is 14.2 Å². The minimum Gasteiger partial charge on any atom is -0.380 e. The second kappa shape index (κ2) is 8.57. The van der Waals surface area contributed by atoms with Crippen LogP contribution in [-0.4, -0.2) is 44.4 Å². The number of hydrogen-bond donors (Lipinski definition) is 0. The van der Waals surface area contributed by atoms with Gasteiger partial charge in [0.1, 0.15) is 0 Å². The van der Waals surface area contributed by atoms with Crippen molar-refractivity contribution in [1.29, 1.82) is 0 Å². The highest BCUT2D eigenvalue weighted by Crippen LogP contribution is 2.31. The van der Waals surface area contributed by atoms with E-state index < -0.39 is 0 Å². The van der Waals surface area contributed by atoms with Gasteiger partial charge in [-0.2, -0.15) is 10.1 Å². The van der Waals surface area contributed by atoms with Crippen molar-refractivity contribution < 1.29 is 14.1 Å². The van der Waals surface area contributed by atoms with Crippen LogP contribution < -0.4 is 0 Å². The molecule has 3 aromatic rings. The van der Waals surface area contributed by atoms with E-state index in [0.29, 0.717) is 30.4 Å². The summed E-state index contributed by atoms with van der Waals surface area (Å²) in [7, 11) is 3.49. The number of aromatic nitrogens is 4. The van der Waals surface area contributed by atoms with Gasteiger partial charge in [0, 0.05) is 32.5 Å². The molecule has 1 fully saturated rings. The molecule has 0 radical (unpaired) electrons. The second-order valence-corrected chi connectivity index (χ2v) is 7.36. The van der Waals surface area contributed by atoms with Crippen LogP contribution in [0.1, 0.15) is 53.5 Å². The summed E-state index contributed by atoms with van der Waals surface area (Å²) >= 11 is 0. The maximum absolute atomic E-state index is 13.4. The van der Waals surface area contributed by atoms with Gasteiger partial charge in [0.25, 0.3) is 11.8 Å². The molecule has 0 spiro atoms. The molecule has 3 heterocycles. The van der Waals surface area contributed by atoms with E-state index in [-0.39, 0.29) is 11.9 Å². The van der Waals surface area contributed by atoms with Gasteiger partial charge >= 0.3 is 0 Å². The van der Waals surface area contributed by atoms with Crippen LogP contribution in [0.3, 0.4) is 0 Å². The molecule has 1 aliphatic heterocycles. The maximum atomic E-state index is 13.4. The molecule has 2 aromatic heterocycles. The number of nitrogens with zero attached hydrogens (tertiary/aromatic N) is 5. The number of hydrogen-bond acceptors (Lipinski definition) is 6. The fraction of sp³-hybridized carbons (Fsp3) is 0.429. The van der Waals surface area contributed by atoms with Gasteiger partial charge in [-0.25, -0.2) is 0 Å². The summed E-state index contributed by atoms with van der Waals surface area (Å²) in [5, 5.41) is 8.35. The topological polar surface area (TPSA) is 86.3 Å². The maximum Gasteiger partial charge on any atom is 0.261 e. The van der Waals surface area contributed by atoms with Crippen LogP contribution >= 0.6 is 0 Å². The van der Waals surface area contributed by atoms with Crippen molar-refractivity contribution in [3.05, 3.63) is 53.6 Å². The van der Waals surface area contributed by atoms with Crippen LogP contribution in [0.15, 0.2) is 41.2 Å². The Bertz CT molecular complexity index is 980. The first-order chi connectivity index (χ1) is 14.2. The Morgan fingerprint density at radius 2 is 2.21 bits per heavy atom. The molecular weight excluding hydrogens is 370 g/mol. The molecule has 1 aromatic carbocycles. The SMILES string of the molecule is COCc1cccc(C(=O)N2CCCCCC2c2noc(-c3cnn(C)c3)n2)c1. The first-order valence-electron chi connectivity index (χ1n) is 9.87. The third-order valence-electron chi connectivity index (χ3n) is 5.19. The molecule has 4 rings (SSSR count). The zero-order chi connectivity index (χ0) is 20.2. The number of benzene rings is 1. The van der Waals surface area contributed by atoms with Gasteiger partial charge in [-0.05, 0) is 30.5 Å². The van der Waals surface area contributed by atoms with Gasteiger partial charge in [-0.1, -0.05) is 30.1 Å². The van der Waals surface area contributed by atoms with Gasteiger partial charge in [-0.15, -0.1) is 0 Å². The number of carbonyl (C=O) groups excluding carboxylic acids is 1. The molecular formula is C21H25N5O3. The highest BCUT2D eigenvalue weighted by molar-refractivity contribution is 5.94. The summed E-state index contributed by atoms with van der Waals surface area (Å²) in [4.78, 5) is 19.8. The van der Waals surface area contributed by atoms with Gasteiger partial charge in [0.15, 0.2) is 5.82 Å². The molecule has 1 atom stereocenters. The monoisotopic (exact) mass is 395 g/mol. The minimum absolute atomic E-state index is 0.0115. The molecule has 152 valence electrons. The highest BCUT2D eigenvalue weighted by Gasteiger charge is 2.31. The first-order valence-corrected chi connectivity index (χ1v) is 9.87. The Kier molecular flexibility index (Phi) is 5.71. The van der Waals surface area contributed by atoms with E-state index in [2.05, 4.69) is 15.2 Å². The number of carbonyl (C=O) groups is 1. The summed E-state index contributed by atoms with van der Waals surface area (Å²) < 4.78 is 12.4. The van der Waals surface area contributed by atoms with E-state index in [1.165, 1.54) is 0 Å². The molecule has 8 nitrogen and oxygen atoms in total. The van der Waals surface area contributed by atoms with Crippen molar-refractivity contribution in [1.82, 2.24) is 24.8 Å². The lowest BCUT2D eigenvalue weighted by Gasteiger charge is -2.28. The number of methoxy groups -OCH3 is 1. The number of amides is 1. The summed E-state index contributed by atoms with van der Waals surface area (Å²) in [6, 6.07) is 7.39. The Balaban J connectivity index is 1.62. The zero-order valence-electron chi connectivity index (χ0n) is 16.7. The smallest absolute Gasteiger partial charge is 0.261 e. The molecule has 1 unspecified atom stereocenters. The second-order valence-electron chi connectivity index (χ2n) is 7.36. The minimum atomic E-state index is -0.203. The molecule has 0 bridgehead atoms. The summed E-state index contributed by atoms with van der Waals surface area (Å²) in [5.74, 6) is 0.960. The van der Waals surface area contributed by atoms with Crippen LogP contribution in [0, 0.1) is 0 Å². The van der Waals surface area contributed by atoms with Crippen LogP contribution in [0.25, 0.3) is 11.5 Å². The standard InChI is InChI=1S/C21H25N5O3/c1-25-13-17(12-22-25)20-23-19(24-29-20)18-9-4-3-5-10-26(18)21(27)16-8-6-7-15(11-16)14-28-2/h6-8,11-13,18H,3-5,9-10,14H2,1-2H3. The molecule has 8 heteroatoms. The fourth-order valence-corrected chi connectivity index (χ4v) is 3.77. The van der Waals surface area contributed by atoms with E-state index >= 15 is 0 Å². The molecule has 0 N–H and O–H groups in total. The van der Waals surface area contributed by atoms with E-state index in [1.54, 1.807) is 18.0 Å². The van der Waals surface area contributed by atoms with Crippen LogP contribution in [0.5, 0.6) is 0 Å². The van der Waals surface area contributed by atoms with E-state index in [0.717, 1.165) is 36.8 Å². The third-order valence-corrected chi connectivity index (χ3v) is 5.19. The van der Waals surface area contributed by atoms with Crippen LogP contribution in [0.2, 0.25) is 0 Å². The average Bonchev–Trinajstić information content (AvgIpc) is 3.31. The Labute approximate surface area is 169 Å². The molecule has 1 aliphatic rings. The van der Waals surface area contributed by atoms with Crippen molar-refractivity contribution in [2.45, 2.75) is 38.3 Å². The Hall–Kier alpha value is -3.00. The predicted molar refractivity (Wildman–Crippen MR) is 106 cm³/mol. The van der Waals surface area contributed by atoms with Gasteiger partial charge in [0.2, 0.25) is 0 Å². The third kappa shape index (κ3) is 4.22. The number of rotatable bonds is 5. The molecule has 0 saturated carbocycles. The zero-order valence-corrected chi connectivity index (χ0v) is 16.7. The Morgan fingerprint density at radius 3 is 3.00 bits per heavy atom. The normalized spacial score (nSPS) is 17.3. The number of ether oxygens (including phenoxy) is 1. The van der Waals surface area contributed by atoms with Crippen LogP contribution in [0.4, 0.5) is 0 Å². The highest BCUT2D eigenvalue weighted by atomic mass is 16.5. The quantitative estimate of drug-likeness (QED) is 0.658. The lowest BCUT2D eigenvalue weighted by atomic mass is 10.1. The number of aryl methyl sites for hydroxylation is 1. The van der Waals surface area contributed by atoms with Crippen molar-refractivity contribution >= 4 is 5.91 Å². The van der Waals surface area contributed by atoms with E-state index in [9.17, 15) is 4.79 Å².